The zero-order valence-corrected chi connectivity index (χ0v) is 15.8. The second-order valence-electron chi connectivity index (χ2n) is 8.91. The lowest BCUT2D eigenvalue weighted by atomic mass is 9.74. The Morgan fingerprint density at radius 1 is 0.739 bits per heavy atom. The molecule has 2 rings (SSSR count). The molecule has 23 heavy (non-hydrogen) atoms. The van der Waals surface area contributed by atoms with Gasteiger partial charge in [-0.2, -0.15) is 0 Å². The van der Waals surface area contributed by atoms with Crippen LogP contribution in [0.15, 0.2) is 0 Å². The Kier molecular flexibility index (Phi) is 8.69. The van der Waals surface area contributed by atoms with Gasteiger partial charge in [-0.05, 0) is 42.9 Å². The van der Waals surface area contributed by atoms with Gasteiger partial charge < -0.3 is 4.79 Å². The van der Waals surface area contributed by atoms with E-state index >= 15 is 0 Å². The van der Waals surface area contributed by atoms with Crippen molar-refractivity contribution < 1.29 is 4.79 Å². The third-order valence-electron chi connectivity index (χ3n) is 6.95. The standard InChI is InChI=1S/C22H40O/c1-18-13-14-21(15-19(18)2)10-7-5-3-4-6-9-20-11-8-12-22(16-20)17-23/h17-22H,3-16H2,1-2H3. The summed E-state index contributed by atoms with van der Waals surface area (Å²) in [5, 5.41) is 0. The van der Waals surface area contributed by atoms with E-state index in [9.17, 15) is 4.79 Å². The predicted octanol–water partition coefficient (Wildman–Crippen LogP) is 6.79. The van der Waals surface area contributed by atoms with Crippen LogP contribution in [0.2, 0.25) is 0 Å². The van der Waals surface area contributed by atoms with E-state index in [-0.39, 0.29) is 0 Å². The highest BCUT2D eigenvalue weighted by molar-refractivity contribution is 5.53. The van der Waals surface area contributed by atoms with Gasteiger partial charge in [-0.15, -0.1) is 0 Å². The van der Waals surface area contributed by atoms with E-state index in [1.807, 2.05) is 0 Å². The molecule has 0 aliphatic heterocycles. The number of hydrogen-bond donors (Lipinski definition) is 0. The molecule has 0 aromatic heterocycles. The van der Waals surface area contributed by atoms with Crippen LogP contribution in [0.25, 0.3) is 0 Å². The highest BCUT2D eigenvalue weighted by atomic mass is 16.1. The van der Waals surface area contributed by atoms with E-state index in [2.05, 4.69) is 13.8 Å². The zero-order valence-electron chi connectivity index (χ0n) is 15.8. The Morgan fingerprint density at radius 3 is 2.04 bits per heavy atom. The fourth-order valence-corrected chi connectivity index (χ4v) is 5.04. The number of aldehydes is 1. The second kappa shape index (κ2) is 10.5. The van der Waals surface area contributed by atoms with Crippen LogP contribution < -0.4 is 0 Å². The van der Waals surface area contributed by atoms with Gasteiger partial charge in [0.05, 0.1) is 0 Å². The summed E-state index contributed by atoms with van der Waals surface area (Å²) in [6, 6.07) is 0. The van der Waals surface area contributed by atoms with Gasteiger partial charge in [-0.3, -0.25) is 0 Å². The quantitative estimate of drug-likeness (QED) is 0.337. The molecule has 134 valence electrons. The third-order valence-corrected chi connectivity index (χ3v) is 6.95. The van der Waals surface area contributed by atoms with E-state index in [0.717, 1.165) is 30.1 Å². The molecule has 2 fully saturated rings. The molecule has 0 amide bonds. The third kappa shape index (κ3) is 6.98. The summed E-state index contributed by atoms with van der Waals surface area (Å²) >= 11 is 0. The first-order chi connectivity index (χ1) is 11.2. The summed E-state index contributed by atoms with van der Waals surface area (Å²) in [5.74, 6) is 4.19. The Morgan fingerprint density at radius 2 is 1.39 bits per heavy atom. The molecule has 1 heteroatoms. The van der Waals surface area contributed by atoms with Crippen molar-refractivity contribution in [2.45, 2.75) is 104 Å². The lowest BCUT2D eigenvalue weighted by Crippen LogP contribution is -2.20. The average molecular weight is 321 g/mol. The molecular weight excluding hydrogens is 280 g/mol. The van der Waals surface area contributed by atoms with Crippen LogP contribution in [0.3, 0.4) is 0 Å². The first-order valence-electron chi connectivity index (χ1n) is 10.6. The van der Waals surface area contributed by atoms with Crippen molar-refractivity contribution >= 4 is 6.29 Å². The van der Waals surface area contributed by atoms with Crippen molar-refractivity contribution in [2.75, 3.05) is 0 Å². The Labute approximate surface area is 145 Å². The number of rotatable bonds is 9. The van der Waals surface area contributed by atoms with Crippen molar-refractivity contribution in [3.63, 3.8) is 0 Å². The van der Waals surface area contributed by atoms with Crippen LogP contribution >= 0.6 is 0 Å². The first-order valence-corrected chi connectivity index (χ1v) is 10.6. The lowest BCUT2D eigenvalue weighted by Gasteiger charge is -2.32. The van der Waals surface area contributed by atoms with Gasteiger partial charge in [0.25, 0.3) is 0 Å². The monoisotopic (exact) mass is 320 g/mol. The van der Waals surface area contributed by atoms with E-state index in [0.29, 0.717) is 5.92 Å². The average Bonchev–Trinajstić information content (AvgIpc) is 2.57. The van der Waals surface area contributed by atoms with Crippen LogP contribution in [-0.4, -0.2) is 6.29 Å². The largest absolute Gasteiger partial charge is 0.303 e. The highest BCUT2D eigenvalue weighted by Gasteiger charge is 2.24. The molecule has 0 heterocycles. The van der Waals surface area contributed by atoms with E-state index < -0.39 is 0 Å². The molecule has 0 aromatic carbocycles. The number of unbranched alkanes of at least 4 members (excludes halogenated alkanes) is 4. The summed E-state index contributed by atoms with van der Waals surface area (Å²) in [7, 11) is 0. The predicted molar refractivity (Wildman–Crippen MR) is 99.5 cm³/mol. The van der Waals surface area contributed by atoms with Crippen molar-refractivity contribution in [1.82, 2.24) is 0 Å². The van der Waals surface area contributed by atoms with E-state index in [4.69, 9.17) is 0 Å². The van der Waals surface area contributed by atoms with Crippen molar-refractivity contribution in [1.29, 1.82) is 0 Å². The number of carbonyl (C=O) groups excluding carboxylic acids is 1. The molecule has 0 N–H and O–H groups in total. The minimum Gasteiger partial charge on any atom is -0.303 e. The van der Waals surface area contributed by atoms with Crippen LogP contribution in [0, 0.1) is 29.6 Å². The smallest absolute Gasteiger partial charge is 0.123 e. The van der Waals surface area contributed by atoms with E-state index in [1.165, 1.54) is 89.8 Å². The van der Waals surface area contributed by atoms with Crippen LogP contribution in [0.5, 0.6) is 0 Å². The lowest BCUT2D eigenvalue weighted by molar-refractivity contribution is -0.112. The molecule has 1 nitrogen and oxygen atoms in total. The maximum Gasteiger partial charge on any atom is 0.123 e. The molecular formula is C22H40O. The Balaban J connectivity index is 1.43. The molecule has 0 radical (unpaired) electrons. The molecule has 5 atom stereocenters. The summed E-state index contributed by atoms with van der Waals surface area (Å²) in [4.78, 5) is 10.9. The number of hydrogen-bond acceptors (Lipinski definition) is 1. The maximum absolute atomic E-state index is 10.9. The molecule has 2 aliphatic carbocycles. The molecule has 0 spiro atoms. The Hall–Kier alpha value is -0.330. The zero-order chi connectivity index (χ0) is 16.5. The molecule has 5 unspecified atom stereocenters. The van der Waals surface area contributed by atoms with Gasteiger partial charge in [0, 0.05) is 5.92 Å². The molecule has 0 aromatic rings. The first kappa shape index (κ1) is 19.0. The van der Waals surface area contributed by atoms with Gasteiger partial charge in [0.15, 0.2) is 0 Å². The molecule has 0 bridgehead atoms. The van der Waals surface area contributed by atoms with Crippen molar-refractivity contribution in [3.8, 4) is 0 Å². The van der Waals surface area contributed by atoms with Crippen molar-refractivity contribution in [2.24, 2.45) is 29.6 Å². The maximum atomic E-state index is 10.9. The van der Waals surface area contributed by atoms with Crippen LogP contribution in [0.1, 0.15) is 104 Å². The Bertz CT molecular complexity index is 324. The van der Waals surface area contributed by atoms with Crippen LogP contribution in [0.4, 0.5) is 0 Å². The minimum atomic E-state index is 0.384. The summed E-state index contributed by atoms with van der Waals surface area (Å²) in [5.41, 5.74) is 0. The van der Waals surface area contributed by atoms with Crippen LogP contribution in [-0.2, 0) is 4.79 Å². The fraction of sp³-hybridized carbons (Fsp3) is 0.955. The molecule has 2 aliphatic rings. The van der Waals surface area contributed by atoms with Gasteiger partial charge in [0.1, 0.15) is 6.29 Å². The normalized spacial score (nSPS) is 35.1. The number of carbonyl (C=O) groups is 1. The van der Waals surface area contributed by atoms with E-state index in [1.54, 1.807) is 0 Å². The van der Waals surface area contributed by atoms with Gasteiger partial charge in [-0.1, -0.05) is 84.5 Å². The molecule has 2 saturated carbocycles. The van der Waals surface area contributed by atoms with Gasteiger partial charge in [-0.25, -0.2) is 0 Å². The van der Waals surface area contributed by atoms with Crippen molar-refractivity contribution in [3.05, 3.63) is 0 Å². The SMILES string of the molecule is CC1CCC(CCCCCCCC2CCCC(C=O)C2)CC1C. The second-order valence-corrected chi connectivity index (χ2v) is 8.91. The summed E-state index contributed by atoms with van der Waals surface area (Å²) in [6.45, 7) is 4.89. The van der Waals surface area contributed by atoms with Gasteiger partial charge in [0.2, 0.25) is 0 Å². The molecule has 0 saturated heterocycles. The highest BCUT2D eigenvalue weighted by Crippen LogP contribution is 2.36. The summed E-state index contributed by atoms with van der Waals surface area (Å²) in [6.07, 6.45) is 20.7. The topological polar surface area (TPSA) is 17.1 Å². The fourth-order valence-electron chi connectivity index (χ4n) is 5.04. The minimum absolute atomic E-state index is 0.384. The van der Waals surface area contributed by atoms with Gasteiger partial charge >= 0.3 is 0 Å². The summed E-state index contributed by atoms with van der Waals surface area (Å²) < 4.78 is 0.